The molecule has 7 heteroatoms. The maximum atomic E-state index is 13.2. The summed E-state index contributed by atoms with van der Waals surface area (Å²) in [6, 6.07) is 18.9. The molecule has 0 atom stereocenters. The van der Waals surface area contributed by atoms with E-state index in [-0.39, 0.29) is 17.0 Å². The van der Waals surface area contributed by atoms with E-state index in [0.717, 1.165) is 11.1 Å². The minimum absolute atomic E-state index is 0.179. The summed E-state index contributed by atoms with van der Waals surface area (Å²) in [5, 5.41) is 12.4. The van der Waals surface area contributed by atoms with Crippen LogP contribution in [0.5, 0.6) is 5.75 Å². The van der Waals surface area contributed by atoms with Crippen molar-refractivity contribution in [3.05, 3.63) is 81.5 Å². The number of rotatable bonds is 3. The number of ether oxygens (including phenoxy) is 1. The van der Waals surface area contributed by atoms with Crippen molar-refractivity contribution >= 4 is 33.0 Å². The molecule has 3 aromatic heterocycles. The molecule has 0 spiro atoms. The second-order valence-corrected chi connectivity index (χ2v) is 8.12. The number of nitrogens with two attached hydrogens (primary N) is 1. The Morgan fingerprint density at radius 1 is 1.09 bits per heavy atom. The lowest BCUT2D eigenvalue weighted by Crippen LogP contribution is -2.15. The summed E-state index contributed by atoms with van der Waals surface area (Å²) in [6.45, 7) is 0. The van der Waals surface area contributed by atoms with Crippen LogP contribution >= 0.6 is 11.3 Å². The fourth-order valence-corrected chi connectivity index (χ4v) is 5.10. The average Bonchev–Trinajstić information content (AvgIpc) is 3.30. The first-order valence-corrected chi connectivity index (χ1v) is 10.8. The lowest BCUT2D eigenvalue weighted by Gasteiger charge is -2.16. The molecule has 5 aromatic rings. The largest absolute Gasteiger partial charge is 0.497 e. The van der Waals surface area contributed by atoms with Crippen molar-refractivity contribution in [3.63, 3.8) is 0 Å². The van der Waals surface area contributed by atoms with Crippen LogP contribution in [0.4, 0.5) is 5.82 Å². The zero-order chi connectivity index (χ0) is 23.1. The van der Waals surface area contributed by atoms with Crippen molar-refractivity contribution in [2.75, 3.05) is 12.8 Å². The van der Waals surface area contributed by atoms with Gasteiger partial charge < -0.3 is 10.5 Å². The summed E-state index contributed by atoms with van der Waals surface area (Å²) in [6.07, 6.45) is 5.87. The Morgan fingerprint density at radius 2 is 1.82 bits per heavy atom. The molecule has 0 unspecified atom stereocenters. The van der Waals surface area contributed by atoms with E-state index < -0.39 is 5.56 Å². The van der Waals surface area contributed by atoms with Gasteiger partial charge in [0.15, 0.2) is 5.65 Å². The molecule has 2 aromatic carbocycles. The third-order valence-electron chi connectivity index (χ3n) is 5.55. The van der Waals surface area contributed by atoms with Gasteiger partial charge in [0.05, 0.1) is 18.1 Å². The normalized spacial score (nSPS) is 10.8. The molecule has 0 aliphatic carbocycles. The number of fused-ring (bicyclic) bond motifs is 3. The van der Waals surface area contributed by atoms with Crippen LogP contribution in [0.2, 0.25) is 0 Å². The molecule has 3 heterocycles. The van der Waals surface area contributed by atoms with Crippen LogP contribution in [-0.4, -0.2) is 16.5 Å². The van der Waals surface area contributed by atoms with Crippen LogP contribution in [-0.2, 0) is 0 Å². The third kappa shape index (κ3) is 3.03. The number of nitrogens with zero attached hydrogens (tertiary/aromatic N) is 3. The number of hydrogen-bond donors (Lipinski definition) is 1. The van der Waals surface area contributed by atoms with Gasteiger partial charge in [0, 0.05) is 16.5 Å². The number of pyridine rings is 1. The Labute approximate surface area is 193 Å². The SMILES string of the molecule is C#Cc1c(-c2ccc(OC)cc2)c(C#N)c2nc(=O)c3c(-c4ccccc4)csc3n2c1N. The molecule has 0 aliphatic heterocycles. The van der Waals surface area contributed by atoms with Crippen LogP contribution in [0.25, 0.3) is 38.1 Å². The molecule has 0 radical (unpaired) electrons. The van der Waals surface area contributed by atoms with E-state index in [9.17, 15) is 10.1 Å². The first-order valence-electron chi connectivity index (χ1n) is 9.95. The van der Waals surface area contributed by atoms with E-state index in [0.29, 0.717) is 32.7 Å². The van der Waals surface area contributed by atoms with E-state index in [1.807, 2.05) is 35.7 Å². The van der Waals surface area contributed by atoms with Crippen molar-refractivity contribution in [3.8, 4) is 46.4 Å². The number of nitriles is 1. The number of terminal acetylenes is 1. The Kier molecular flexibility index (Phi) is 4.82. The maximum Gasteiger partial charge on any atom is 0.282 e. The maximum absolute atomic E-state index is 13.2. The molecule has 0 amide bonds. The van der Waals surface area contributed by atoms with Gasteiger partial charge in [-0.1, -0.05) is 48.4 Å². The van der Waals surface area contributed by atoms with E-state index in [1.165, 1.54) is 11.3 Å². The lowest BCUT2D eigenvalue weighted by atomic mass is 9.95. The molecule has 0 saturated heterocycles. The molecular weight excluding hydrogens is 432 g/mol. The summed E-state index contributed by atoms with van der Waals surface area (Å²) in [5.41, 5.74) is 9.68. The van der Waals surface area contributed by atoms with Gasteiger partial charge in [-0.2, -0.15) is 10.2 Å². The van der Waals surface area contributed by atoms with Crippen molar-refractivity contribution in [1.82, 2.24) is 9.38 Å². The Balaban J connectivity index is 1.92. The fraction of sp³-hybridized carbons (Fsp3) is 0.0385. The van der Waals surface area contributed by atoms with E-state index in [4.69, 9.17) is 16.9 Å². The summed E-state index contributed by atoms with van der Waals surface area (Å²) in [7, 11) is 1.57. The number of hydrogen-bond acceptors (Lipinski definition) is 6. The molecular formula is C26H16N4O2S. The summed E-state index contributed by atoms with van der Waals surface area (Å²) >= 11 is 1.36. The van der Waals surface area contributed by atoms with Crippen molar-refractivity contribution in [1.29, 1.82) is 5.26 Å². The first kappa shape index (κ1) is 20.3. The molecule has 5 rings (SSSR count). The van der Waals surface area contributed by atoms with Crippen LogP contribution in [0, 0.1) is 23.7 Å². The third-order valence-corrected chi connectivity index (χ3v) is 6.51. The van der Waals surface area contributed by atoms with E-state index in [2.05, 4.69) is 17.0 Å². The average molecular weight is 449 g/mol. The van der Waals surface area contributed by atoms with Gasteiger partial charge in [0.1, 0.15) is 28.0 Å². The molecule has 0 fully saturated rings. The quantitative estimate of drug-likeness (QED) is 0.404. The number of thiophene rings is 1. The van der Waals surface area contributed by atoms with Crippen molar-refractivity contribution < 1.29 is 4.74 Å². The number of benzene rings is 2. The smallest absolute Gasteiger partial charge is 0.282 e. The van der Waals surface area contributed by atoms with Gasteiger partial charge in [0.2, 0.25) is 0 Å². The zero-order valence-corrected chi connectivity index (χ0v) is 18.3. The van der Waals surface area contributed by atoms with Gasteiger partial charge >= 0.3 is 0 Å². The van der Waals surface area contributed by atoms with E-state index in [1.54, 1.807) is 35.8 Å². The predicted molar refractivity (Wildman–Crippen MR) is 131 cm³/mol. The number of anilines is 1. The van der Waals surface area contributed by atoms with Gasteiger partial charge in [0.25, 0.3) is 5.56 Å². The Morgan fingerprint density at radius 3 is 2.45 bits per heavy atom. The molecule has 6 nitrogen and oxygen atoms in total. The minimum Gasteiger partial charge on any atom is -0.497 e. The summed E-state index contributed by atoms with van der Waals surface area (Å²) < 4.78 is 6.85. The second kappa shape index (κ2) is 7.83. The van der Waals surface area contributed by atoms with Crippen LogP contribution in [0.15, 0.2) is 64.8 Å². The Bertz CT molecular complexity index is 1690. The number of methoxy groups -OCH3 is 1. The van der Waals surface area contributed by atoms with Gasteiger partial charge in [-0.3, -0.25) is 9.20 Å². The molecule has 0 saturated carbocycles. The molecule has 158 valence electrons. The topological polar surface area (TPSA) is 93.4 Å². The Hall–Kier alpha value is -4.59. The second-order valence-electron chi connectivity index (χ2n) is 7.27. The molecule has 33 heavy (non-hydrogen) atoms. The monoisotopic (exact) mass is 448 g/mol. The van der Waals surface area contributed by atoms with Gasteiger partial charge in [-0.05, 0) is 23.3 Å². The molecule has 2 N–H and O–H groups in total. The first-order chi connectivity index (χ1) is 16.1. The van der Waals surface area contributed by atoms with Crippen LogP contribution < -0.4 is 16.0 Å². The lowest BCUT2D eigenvalue weighted by molar-refractivity contribution is 0.415. The fourth-order valence-electron chi connectivity index (χ4n) is 4.01. The van der Waals surface area contributed by atoms with Crippen LogP contribution in [0.3, 0.4) is 0 Å². The highest BCUT2D eigenvalue weighted by molar-refractivity contribution is 7.17. The highest BCUT2D eigenvalue weighted by Crippen LogP contribution is 2.38. The zero-order valence-electron chi connectivity index (χ0n) is 17.5. The van der Waals surface area contributed by atoms with Gasteiger partial charge in [-0.15, -0.1) is 17.8 Å². The highest BCUT2D eigenvalue weighted by Gasteiger charge is 2.23. The highest BCUT2D eigenvalue weighted by atomic mass is 32.1. The minimum atomic E-state index is -0.421. The predicted octanol–water partition coefficient (Wildman–Crippen LogP) is 4.69. The number of aromatic nitrogens is 2. The van der Waals surface area contributed by atoms with Crippen LogP contribution in [0.1, 0.15) is 11.1 Å². The molecule has 0 aliphatic rings. The number of nitrogen functional groups attached to an aromatic ring is 1. The van der Waals surface area contributed by atoms with Crippen molar-refractivity contribution in [2.24, 2.45) is 0 Å². The standard InChI is InChI=1S/C26H16N4O2S/c1-3-18-21(16-9-11-17(32-2)12-10-16)19(13-27)24-29-25(31)22-20(15-7-5-4-6-8-15)14-33-26(22)30(24)23(18)28/h1,4-12,14H,28H2,2H3. The summed E-state index contributed by atoms with van der Waals surface area (Å²) in [5.74, 6) is 3.56. The summed E-state index contributed by atoms with van der Waals surface area (Å²) in [4.78, 5) is 18.1. The van der Waals surface area contributed by atoms with E-state index >= 15 is 0 Å². The molecule has 0 bridgehead atoms. The van der Waals surface area contributed by atoms with Crippen molar-refractivity contribution in [2.45, 2.75) is 0 Å². The van der Waals surface area contributed by atoms with Gasteiger partial charge in [-0.25, -0.2) is 0 Å².